The second-order valence-electron chi connectivity index (χ2n) is 5.09. The van der Waals surface area contributed by atoms with Crippen molar-refractivity contribution < 1.29 is 72.4 Å². The zero-order valence-electron chi connectivity index (χ0n) is 14.4. The van der Waals surface area contributed by atoms with Crippen LogP contribution in [0.1, 0.15) is 0 Å². The summed E-state index contributed by atoms with van der Waals surface area (Å²) in [5.41, 5.74) is 0. The van der Waals surface area contributed by atoms with Gasteiger partial charge in [0.1, 0.15) is 6.61 Å². The fourth-order valence-corrected chi connectivity index (χ4v) is 1.18. The Kier molecular flexibility index (Phi) is 8.87. The van der Waals surface area contributed by atoms with E-state index in [0.717, 1.165) is 0 Å². The molecule has 0 fully saturated rings. The summed E-state index contributed by atoms with van der Waals surface area (Å²) < 4.78 is 145. The normalized spacial score (nSPS) is 13.5. The molecule has 16 heteroatoms. The summed E-state index contributed by atoms with van der Waals surface area (Å²) in [5, 5.41) is 0. The zero-order chi connectivity index (χ0) is 24.0. The van der Waals surface area contributed by atoms with E-state index in [9.17, 15) is 53.5 Å². The van der Waals surface area contributed by atoms with Gasteiger partial charge in [-0.3, -0.25) is 0 Å². The second kappa shape index (κ2) is 9.63. The third-order valence-electron chi connectivity index (χ3n) is 2.68. The van der Waals surface area contributed by atoms with Gasteiger partial charge >= 0.3 is 42.1 Å². The molecule has 0 saturated carbocycles. The van der Waals surface area contributed by atoms with Crippen molar-refractivity contribution >= 4 is 11.9 Å². The molecule has 0 aromatic heterocycles. The minimum Gasteiger partial charge on any atom is -0.456 e. The van der Waals surface area contributed by atoms with E-state index < -0.39 is 61.9 Å². The zero-order valence-corrected chi connectivity index (χ0v) is 14.4. The number of carbonyl (C=O) groups is 2. The monoisotopic (exact) mass is 466 g/mol. The van der Waals surface area contributed by atoms with Gasteiger partial charge in [-0.2, -0.15) is 43.9 Å². The Bertz CT molecular complexity index is 649. The average Bonchev–Trinajstić information content (AvgIpc) is 2.61. The first-order valence-corrected chi connectivity index (χ1v) is 7.14. The van der Waals surface area contributed by atoms with E-state index in [0.29, 0.717) is 6.08 Å². The number of hydrogen-bond donors (Lipinski definition) is 0. The molecule has 0 aromatic carbocycles. The minimum atomic E-state index is -6.13. The largest absolute Gasteiger partial charge is 0.456 e. The predicted octanol–water partition coefficient (Wildman–Crippen LogP) is 3.53. The third-order valence-corrected chi connectivity index (χ3v) is 2.68. The van der Waals surface area contributed by atoms with Crippen LogP contribution in [0.2, 0.25) is 0 Å². The van der Waals surface area contributed by atoms with E-state index in [4.69, 9.17) is 0 Å². The van der Waals surface area contributed by atoms with Crippen LogP contribution in [0.5, 0.6) is 0 Å². The summed E-state index contributed by atoms with van der Waals surface area (Å²) in [6.45, 7) is -2.43. The van der Waals surface area contributed by atoms with Gasteiger partial charge in [0.15, 0.2) is 13.2 Å². The summed E-state index contributed by atoms with van der Waals surface area (Å²) in [6, 6.07) is 0. The molecule has 0 atom stereocenters. The molecule has 0 aliphatic rings. The predicted molar refractivity (Wildman–Crippen MR) is 74.1 cm³/mol. The van der Waals surface area contributed by atoms with Crippen LogP contribution in [-0.2, 0) is 28.5 Å². The first-order valence-electron chi connectivity index (χ1n) is 7.14. The van der Waals surface area contributed by atoms with Crippen LogP contribution in [0.4, 0.5) is 43.9 Å². The first kappa shape index (κ1) is 27.6. The van der Waals surface area contributed by atoms with Crippen LogP contribution in [0, 0.1) is 0 Å². The lowest BCUT2D eigenvalue weighted by Crippen LogP contribution is -2.53. The van der Waals surface area contributed by atoms with Crippen molar-refractivity contribution in [1.29, 1.82) is 0 Å². The highest BCUT2D eigenvalue weighted by Gasteiger charge is 2.65. The standard InChI is InChI=1S/C14H12F10O6/c1-3-8(25)27-5-10(15,16)13(21,22)29-7-12(19,20)30-14(23,24)11(17,18)6-28-9(26)4-2/h3-4H,1-2,5-7H2. The molecule has 0 aliphatic carbocycles. The van der Waals surface area contributed by atoms with Gasteiger partial charge in [0, 0.05) is 12.2 Å². The van der Waals surface area contributed by atoms with Crippen molar-refractivity contribution in [1.82, 2.24) is 0 Å². The fraction of sp³-hybridized carbons (Fsp3) is 0.571. The first-order chi connectivity index (χ1) is 13.3. The molecular weight excluding hydrogens is 454 g/mol. The fourth-order valence-electron chi connectivity index (χ4n) is 1.18. The molecule has 0 bridgehead atoms. The highest BCUT2D eigenvalue weighted by molar-refractivity contribution is 5.81. The number of alkyl halides is 10. The molecule has 0 rings (SSSR count). The van der Waals surface area contributed by atoms with Crippen LogP contribution in [0.15, 0.2) is 25.3 Å². The molecule has 30 heavy (non-hydrogen) atoms. The van der Waals surface area contributed by atoms with Gasteiger partial charge in [-0.15, -0.1) is 0 Å². The minimum absolute atomic E-state index is 0.270. The Labute approximate surface area is 161 Å². The van der Waals surface area contributed by atoms with Gasteiger partial charge in [-0.05, 0) is 0 Å². The summed E-state index contributed by atoms with van der Waals surface area (Å²) in [6.07, 6.45) is -17.1. The van der Waals surface area contributed by atoms with Gasteiger partial charge in [0.05, 0.1) is 0 Å². The number of halogens is 10. The van der Waals surface area contributed by atoms with Gasteiger partial charge in [0.25, 0.3) is 0 Å². The van der Waals surface area contributed by atoms with E-state index in [1.165, 1.54) is 0 Å². The SMILES string of the molecule is C=CC(=O)OCC(F)(F)C(F)(F)OCC(F)(F)OC(F)(F)C(F)(F)COC(=O)C=C. The lowest BCUT2D eigenvalue weighted by molar-refractivity contribution is -0.454. The van der Waals surface area contributed by atoms with Crippen molar-refractivity contribution in [2.24, 2.45) is 0 Å². The maximum absolute atomic E-state index is 13.2. The van der Waals surface area contributed by atoms with E-state index >= 15 is 0 Å². The molecule has 0 unspecified atom stereocenters. The topological polar surface area (TPSA) is 71.1 Å². The Balaban J connectivity index is 5.11. The molecule has 0 spiro atoms. The van der Waals surface area contributed by atoms with Crippen molar-refractivity contribution in [3.05, 3.63) is 25.3 Å². The van der Waals surface area contributed by atoms with E-state index in [-0.39, 0.29) is 6.08 Å². The molecule has 0 aromatic rings. The Morgan fingerprint density at radius 3 is 1.40 bits per heavy atom. The van der Waals surface area contributed by atoms with Crippen molar-refractivity contribution in [2.45, 2.75) is 30.2 Å². The third kappa shape index (κ3) is 7.81. The molecule has 0 N–H and O–H groups in total. The van der Waals surface area contributed by atoms with E-state index in [1.807, 2.05) is 0 Å². The maximum atomic E-state index is 13.2. The molecule has 0 aliphatic heterocycles. The number of ether oxygens (including phenoxy) is 4. The van der Waals surface area contributed by atoms with Crippen LogP contribution in [-0.4, -0.2) is 61.9 Å². The Morgan fingerprint density at radius 2 is 1.03 bits per heavy atom. The molecule has 0 heterocycles. The Hall–Kier alpha value is -2.36. The summed E-state index contributed by atoms with van der Waals surface area (Å²) in [7, 11) is 0. The van der Waals surface area contributed by atoms with Crippen LogP contribution in [0.3, 0.4) is 0 Å². The molecular formula is C14H12F10O6. The quantitative estimate of drug-likeness (QED) is 0.235. The lowest BCUT2D eigenvalue weighted by Gasteiger charge is -2.31. The van der Waals surface area contributed by atoms with Crippen LogP contribution < -0.4 is 0 Å². The molecule has 0 saturated heterocycles. The Morgan fingerprint density at radius 1 is 0.667 bits per heavy atom. The highest BCUT2D eigenvalue weighted by Crippen LogP contribution is 2.41. The van der Waals surface area contributed by atoms with Gasteiger partial charge < -0.3 is 14.2 Å². The summed E-state index contributed by atoms with van der Waals surface area (Å²) >= 11 is 0. The van der Waals surface area contributed by atoms with Crippen molar-refractivity contribution in [2.75, 3.05) is 19.8 Å². The smallest absolute Gasteiger partial charge is 0.427 e. The summed E-state index contributed by atoms with van der Waals surface area (Å²) in [4.78, 5) is 21.2. The van der Waals surface area contributed by atoms with E-state index in [2.05, 4.69) is 32.1 Å². The maximum Gasteiger partial charge on any atom is 0.427 e. The van der Waals surface area contributed by atoms with Crippen LogP contribution in [0.25, 0.3) is 0 Å². The van der Waals surface area contributed by atoms with Crippen molar-refractivity contribution in [3.63, 3.8) is 0 Å². The van der Waals surface area contributed by atoms with Crippen LogP contribution >= 0.6 is 0 Å². The number of carbonyl (C=O) groups excluding carboxylic acids is 2. The molecule has 174 valence electrons. The molecule has 0 amide bonds. The number of hydrogen-bond acceptors (Lipinski definition) is 6. The number of esters is 2. The lowest BCUT2D eigenvalue weighted by atomic mass is 10.3. The van der Waals surface area contributed by atoms with Gasteiger partial charge in [-0.1, -0.05) is 13.2 Å². The van der Waals surface area contributed by atoms with E-state index in [1.54, 1.807) is 0 Å². The second-order valence-corrected chi connectivity index (χ2v) is 5.09. The molecule has 0 radical (unpaired) electrons. The van der Waals surface area contributed by atoms with Crippen molar-refractivity contribution in [3.8, 4) is 0 Å². The highest BCUT2D eigenvalue weighted by atomic mass is 19.3. The van der Waals surface area contributed by atoms with Gasteiger partial charge in [0.2, 0.25) is 0 Å². The van der Waals surface area contributed by atoms with Gasteiger partial charge in [-0.25, -0.2) is 14.3 Å². The molecule has 6 nitrogen and oxygen atoms in total. The number of rotatable bonds is 13. The summed E-state index contributed by atoms with van der Waals surface area (Å²) in [5.74, 6) is -14.3. The average molecular weight is 466 g/mol.